The number of methoxy groups -OCH3 is 1. The van der Waals surface area contributed by atoms with E-state index in [9.17, 15) is 9.36 Å². The molecule has 0 heterocycles. The number of Topliss-reactive ketones (excluding diaryl/α,β-unsaturated/α-hetero) is 1. The summed E-state index contributed by atoms with van der Waals surface area (Å²) in [6.07, 6.45) is 0.785. The van der Waals surface area contributed by atoms with Crippen molar-refractivity contribution >= 4 is 13.4 Å². The molecule has 5 nitrogen and oxygen atoms in total. The van der Waals surface area contributed by atoms with Crippen molar-refractivity contribution < 1.29 is 23.5 Å². The van der Waals surface area contributed by atoms with E-state index in [2.05, 4.69) is 0 Å². The molecule has 0 rings (SSSR count). The van der Waals surface area contributed by atoms with Crippen molar-refractivity contribution in [2.75, 3.05) is 27.0 Å². The summed E-state index contributed by atoms with van der Waals surface area (Å²) in [6, 6.07) is 0. The molecule has 0 saturated carbocycles. The van der Waals surface area contributed by atoms with E-state index in [4.69, 9.17) is 14.2 Å². The predicted molar refractivity (Wildman–Crippen MR) is 57.0 cm³/mol. The molecular weight excluding hydrogens is 219 g/mol. The summed E-state index contributed by atoms with van der Waals surface area (Å²) in [5, 5.41) is 0. The van der Waals surface area contributed by atoms with Crippen LogP contribution in [0.5, 0.6) is 0 Å². The third kappa shape index (κ3) is 8.75. The highest BCUT2D eigenvalue weighted by molar-refractivity contribution is 7.51. The van der Waals surface area contributed by atoms with E-state index in [1.54, 1.807) is 6.92 Å². The molecule has 15 heavy (non-hydrogen) atoms. The molecule has 90 valence electrons. The summed E-state index contributed by atoms with van der Waals surface area (Å²) in [5.41, 5.74) is 0. The van der Waals surface area contributed by atoms with Crippen molar-refractivity contribution in [3.05, 3.63) is 0 Å². The van der Waals surface area contributed by atoms with Gasteiger partial charge in [-0.05, 0) is 0 Å². The molecule has 6 heteroatoms. The lowest BCUT2D eigenvalue weighted by Crippen LogP contribution is -2.18. The summed E-state index contributed by atoms with van der Waals surface area (Å²) >= 11 is 0. The quantitative estimate of drug-likeness (QED) is 0.648. The van der Waals surface area contributed by atoms with Crippen LogP contribution in [-0.4, -0.2) is 37.7 Å². The third-order valence-electron chi connectivity index (χ3n) is 1.86. The molecule has 0 aliphatic carbocycles. The van der Waals surface area contributed by atoms with E-state index in [1.165, 1.54) is 7.11 Å². The normalized spacial score (nSPS) is 17.1. The van der Waals surface area contributed by atoms with Crippen molar-refractivity contribution in [1.82, 2.24) is 0 Å². The maximum atomic E-state index is 11.2. The lowest BCUT2D eigenvalue weighted by atomic mass is 10.0. The molecule has 0 aliphatic heterocycles. The first-order valence-electron chi connectivity index (χ1n) is 4.84. The van der Waals surface area contributed by atoms with E-state index in [0.29, 0.717) is 19.4 Å². The van der Waals surface area contributed by atoms with Crippen LogP contribution < -0.4 is 0 Å². The molecule has 0 saturated heterocycles. The Morgan fingerprint density at radius 2 is 2.07 bits per heavy atom. The van der Waals surface area contributed by atoms with Crippen LogP contribution in [0.3, 0.4) is 0 Å². The maximum absolute atomic E-state index is 11.2. The Bertz CT molecular complexity index is 235. The predicted octanol–water partition coefficient (Wildman–Crippen LogP) is 1.45. The van der Waals surface area contributed by atoms with Gasteiger partial charge in [-0.2, -0.15) is 0 Å². The van der Waals surface area contributed by atoms with Crippen LogP contribution in [0.15, 0.2) is 0 Å². The fraction of sp³-hybridized carbons (Fsp3) is 0.889. The largest absolute Gasteiger partial charge is 0.384 e. The Kier molecular flexibility index (Phi) is 7.02. The minimum atomic E-state index is -3.46. The molecule has 0 fully saturated rings. The van der Waals surface area contributed by atoms with E-state index in [1.807, 2.05) is 0 Å². The van der Waals surface area contributed by atoms with Gasteiger partial charge < -0.3 is 14.2 Å². The summed E-state index contributed by atoms with van der Waals surface area (Å²) in [5.74, 6) is -0.0487. The van der Waals surface area contributed by atoms with Crippen LogP contribution in [0, 0.1) is 5.92 Å². The van der Waals surface area contributed by atoms with Gasteiger partial charge in [0.2, 0.25) is 0 Å². The highest BCUT2D eigenvalue weighted by Crippen LogP contribution is 2.37. The average Bonchev–Trinajstić information content (AvgIpc) is 2.13. The Hall–Kier alpha value is -0.220. The van der Waals surface area contributed by atoms with Gasteiger partial charge in [0.05, 0.1) is 13.2 Å². The van der Waals surface area contributed by atoms with Gasteiger partial charge in [0.1, 0.15) is 5.78 Å². The number of hydrogen-bond donors (Lipinski definition) is 1. The summed E-state index contributed by atoms with van der Waals surface area (Å²) < 4.78 is 20.6. The van der Waals surface area contributed by atoms with E-state index >= 15 is 0 Å². The van der Waals surface area contributed by atoms with Crippen LogP contribution >= 0.6 is 7.60 Å². The van der Waals surface area contributed by atoms with Gasteiger partial charge >= 0.3 is 7.60 Å². The SMILES string of the molecule is CCC(=O)C[C@@H](COC)COP(C)(=O)O. The van der Waals surface area contributed by atoms with Gasteiger partial charge in [-0.1, -0.05) is 6.92 Å². The van der Waals surface area contributed by atoms with Gasteiger partial charge in [-0.3, -0.25) is 9.36 Å². The highest BCUT2D eigenvalue weighted by Gasteiger charge is 2.17. The van der Waals surface area contributed by atoms with Crippen molar-refractivity contribution in [3.63, 3.8) is 0 Å². The zero-order valence-electron chi connectivity index (χ0n) is 9.43. The van der Waals surface area contributed by atoms with Crippen LogP contribution in [-0.2, 0) is 18.6 Å². The highest BCUT2D eigenvalue weighted by atomic mass is 31.2. The summed E-state index contributed by atoms with van der Waals surface area (Å²) in [6.45, 7) is 3.33. The zero-order valence-corrected chi connectivity index (χ0v) is 10.3. The first kappa shape index (κ1) is 14.8. The second kappa shape index (κ2) is 7.12. The molecule has 0 radical (unpaired) electrons. The van der Waals surface area contributed by atoms with Crippen molar-refractivity contribution in [2.45, 2.75) is 19.8 Å². The van der Waals surface area contributed by atoms with E-state index < -0.39 is 7.60 Å². The van der Waals surface area contributed by atoms with Crippen molar-refractivity contribution in [3.8, 4) is 0 Å². The summed E-state index contributed by atoms with van der Waals surface area (Å²) in [4.78, 5) is 20.1. The Labute approximate surface area is 90.3 Å². The van der Waals surface area contributed by atoms with Crippen LogP contribution in [0.25, 0.3) is 0 Å². The number of carbonyl (C=O) groups excluding carboxylic acids is 1. The molecule has 0 aliphatic rings. The smallest absolute Gasteiger partial charge is 0.325 e. The topological polar surface area (TPSA) is 72.8 Å². The van der Waals surface area contributed by atoms with Crippen LogP contribution in [0.2, 0.25) is 0 Å². The zero-order chi connectivity index (χ0) is 11.9. The lowest BCUT2D eigenvalue weighted by molar-refractivity contribution is -0.120. The summed E-state index contributed by atoms with van der Waals surface area (Å²) in [7, 11) is -1.94. The first-order chi connectivity index (χ1) is 6.89. The molecule has 1 N–H and O–H groups in total. The minimum absolute atomic E-state index is 0.0733. The number of carbonyl (C=O) groups is 1. The monoisotopic (exact) mass is 238 g/mol. The molecule has 0 aromatic rings. The number of rotatable bonds is 8. The van der Waals surface area contributed by atoms with Gasteiger partial charge in [-0.15, -0.1) is 0 Å². The number of ether oxygens (including phenoxy) is 1. The first-order valence-corrected chi connectivity index (χ1v) is 6.87. The molecule has 1 unspecified atom stereocenters. The Morgan fingerprint density at radius 1 is 1.47 bits per heavy atom. The van der Waals surface area contributed by atoms with E-state index in [0.717, 1.165) is 6.66 Å². The van der Waals surface area contributed by atoms with Gasteiger partial charge in [0.15, 0.2) is 0 Å². The van der Waals surface area contributed by atoms with Gasteiger partial charge in [0, 0.05) is 32.5 Å². The Morgan fingerprint density at radius 3 is 2.47 bits per heavy atom. The molecule has 0 aromatic carbocycles. The van der Waals surface area contributed by atoms with Crippen molar-refractivity contribution in [1.29, 1.82) is 0 Å². The van der Waals surface area contributed by atoms with Gasteiger partial charge in [0.25, 0.3) is 0 Å². The molecule has 0 aromatic heterocycles. The lowest BCUT2D eigenvalue weighted by Gasteiger charge is -2.16. The molecular formula is C9H19O5P. The van der Waals surface area contributed by atoms with E-state index in [-0.39, 0.29) is 18.3 Å². The third-order valence-corrected chi connectivity index (χ3v) is 2.49. The minimum Gasteiger partial charge on any atom is -0.384 e. The maximum Gasteiger partial charge on any atom is 0.325 e. The second-order valence-electron chi connectivity index (χ2n) is 3.52. The second-order valence-corrected chi connectivity index (χ2v) is 5.38. The number of hydrogen-bond acceptors (Lipinski definition) is 4. The van der Waals surface area contributed by atoms with Crippen LogP contribution in [0.1, 0.15) is 19.8 Å². The average molecular weight is 238 g/mol. The molecule has 0 bridgehead atoms. The molecule has 0 spiro atoms. The van der Waals surface area contributed by atoms with Crippen LogP contribution in [0.4, 0.5) is 0 Å². The standard InChI is InChI=1S/C9H19O5P/c1-4-9(10)5-8(6-13-2)7-14-15(3,11)12/h8H,4-7H2,1-3H3,(H,11,12)/t8-/m0/s1. The van der Waals surface area contributed by atoms with Gasteiger partial charge in [-0.25, -0.2) is 0 Å². The fourth-order valence-electron chi connectivity index (χ4n) is 1.11. The molecule has 0 amide bonds. The Balaban J connectivity index is 4.04. The van der Waals surface area contributed by atoms with Crippen molar-refractivity contribution in [2.24, 2.45) is 5.92 Å². The fourth-order valence-corrected chi connectivity index (χ4v) is 1.60. The number of ketones is 1. The molecule has 2 atom stereocenters.